The molecule has 1 aromatic carbocycles. The third-order valence-electron chi connectivity index (χ3n) is 4.54. The highest BCUT2D eigenvalue weighted by atomic mass is 32.2. The first-order chi connectivity index (χ1) is 14.5. The summed E-state index contributed by atoms with van der Waals surface area (Å²) in [7, 11) is 0. The molecule has 0 spiro atoms. The molecule has 0 radical (unpaired) electrons. The standard InChI is InChI=1S/C23H26O4S3/c1-4-28-21-15-20-19(23(29-5-2,30-6-3)11-12-26-20)13-16(21)7-8-17-9-10-18(27-17)14-22(24)25/h9-10,13,15H,4-6,11-12,14H2,1-3H3,(H,24,25). The van der Waals surface area contributed by atoms with Crippen LogP contribution in [0.5, 0.6) is 5.75 Å². The molecular weight excluding hydrogens is 436 g/mol. The summed E-state index contributed by atoms with van der Waals surface area (Å²) in [6, 6.07) is 7.71. The summed E-state index contributed by atoms with van der Waals surface area (Å²) in [5, 5.41) is 8.91. The average molecular weight is 463 g/mol. The molecule has 4 nitrogen and oxygen atoms in total. The van der Waals surface area contributed by atoms with Crippen molar-refractivity contribution in [2.24, 2.45) is 0 Å². The van der Waals surface area contributed by atoms with E-state index in [-0.39, 0.29) is 10.5 Å². The van der Waals surface area contributed by atoms with E-state index in [2.05, 4.69) is 44.7 Å². The monoisotopic (exact) mass is 462 g/mol. The van der Waals surface area contributed by atoms with Crippen LogP contribution in [0, 0.1) is 11.8 Å². The predicted octanol–water partition coefficient (Wildman–Crippen LogP) is 5.86. The topological polar surface area (TPSA) is 59.7 Å². The molecule has 0 bridgehead atoms. The SMILES string of the molecule is CCSc1cc2c(cc1C#Cc1ccc(CC(=O)O)o1)C(SCC)(SCC)CCO2. The summed E-state index contributed by atoms with van der Waals surface area (Å²) in [5.74, 6) is 10.3. The Balaban J connectivity index is 2.02. The van der Waals surface area contributed by atoms with Crippen molar-refractivity contribution in [3.8, 4) is 17.6 Å². The zero-order chi connectivity index (χ0) is 21.6. The minimum absolute atomic E-state index is 0.0116. The van der Waals surface area contributed by atoms with Gasteiger partial charge in [0.15, 0.2) is 5.76 Å². The van der Waals surface area contributed by atoms with Crippen molar-refractivity contribution < 1.29 is 19.1 Å². The lowest BCUT2D eigenvalue weighted by Gasteiger charge is -2.38. The van der Waals surface area contributed by atoms with E-state index < -0.39 is 5.97 Å². The van der Waals surface area contributed by atoms with Crippen LogP contribution >= 0.6 is 35.3 Å². The van der Waals surface area contributed by atoms with E-state index in [9.17, 15) is 4.79 Å². The summed E-state index contributed by atoms with van der Waals surface area (Å²) in [5.41, 5.74) is 2.17. The van der Waals surface area contributed by atoms with Crippen LogP contribution in [0.25, 0.3) is 0 Å². The Hall–Kier alpha value is -1.62. The maximum absolute atomic E-state index is 10.9. The normalized spacial score (nSPS) is 14.4. The minimum Gasteiger partial charge on any atom is -0.493 e. The number of thioether (sulfide) groups is 3. The maximum atomic E-state index is 10.9. The Morgan fingerprint density at radius 1 is 1.13 bits per heavy atom. The van der Waals surface area contributed by atoms with E-state index in [1.807, 2.05) is 23.5 Å². The number of fused-ring (bicyclic) bond motifs is 1. The molecule has 30 heavy (non-hydrogen) atoms. The first-order valence-electron chi connectivity index (χ1n) is 10.1. The lowest BCUT2D eigenvalue weighted by molar-refractivity contribution is -0.136. The van der Waals surface area contributed by atoms with Gasteiger partial charge in [-0.3, -0.25) is 4.79 Å². The fraction of sp³-hybridized carbons (Fsp3) is 0.435. The van der Waals surface area contributed by atoms with Gasteiger partial charge in [0.25, 0.3) is 0 Å². The Morgan fingerprint density at radius 2 is 1.90 bits per heavy atom. The molecule has 2 heterocycles. The third kappa shape index (κ3) is 5.35. The number of furan rings is 1. The van der Waals surface area contributed by atoms with Crippen molar-refractivity contribution in [3.63, 3.8) is 0 Å². The van der Waals surface area contributed by atoms with Gasteiger partial charge in [-0.25, -0.2) is 0 Å². The van der Waals surface area contributed by atoms with Gasteiger partial charge in [0.2, 0.25) is 0 Å². The van der Waals surface area contributed by atoms with Crippen LogP contribution < -0.4 is 4.74 Å². The Labute approximate surface area is 190 Å². The molecule has 0 saturated carbocycles. The van der Waals surface area contributed by atoms with Gasteiger partial charge in [0.05, 0.1) is 10.7 Å². The molecule has 1 aliphatic rings. The van der Waals surface area contributed by atoms with Gasteiger partial charge in [-0.15, -0.1) is 35.3 Å². The van der Waals surface area contributed by atoms with Gasteiger partial charge in [-0.1, -0.05) is 26.7 Å². The second-order valence-corrected chi connectivity index (χ2v) is 11.3. The van der Waals surface area contributed by atoms with E-state index >= 15 is 0 Å². The Kier molecular flexibility index (Phi) is 8.15. The van der Waals surface area contributed by atoms with Crippen molar-refractivity contribution in [2.75, 3.05) is 23.9 Å². The van der Waals surface area contributed by atoms with Crippen LogP contribution in [-0.4, -0.2) is 34.9 Å². The maximum Gasteiger partial charge on any atom is 0.311 e. The van der Waals surface area contributed by atoms with E-state index in [0.717, 1.165) is 46.5 Å². The second kappa shape index (κ2) is 10.6. The number of hydrogen-bond acceptors (Lipinski definition) is 6. The number of aliphatic carboxylic acids is 1. The van der Waals surface area contributed by atoms with Crippen LogP contribution in [0.2, 0.25) is 0 Å². The minimum atomic E-state index is -0.918. The largest absolute Gasteiger partial charge is 0.493 e. The summed E-state index contributed by atoms with van der Waals surface area (Å²) < 4.78 is 11.6. The van der Waals surface area contributed by atoms with Crippen molar-refractivity contribution in [2.45, 2.75) is 42.6 Å². The fourth-order valence-corrected chi connectivity index (χ4v) is 7.23. The van der Waals surface area contributed by atoms with E-state index in [0.29, 0.717) is 11.5 Å². The lowest BCUT2D eigenvalue weighted by atomic mass is 10.0. The molecule has 1 N–H and O–H groups in total. The summed E-state index contributed by atoms with van der Waals surface area (Å²) in [6.07, 6.45) is 0.834. The lowest BCUT2D eigenvalue weighted by Crippen LogP contribution is -2.27. The van der Waals surface area contributed by atoms with Crippen molar-refractivity contribution >= 4 is 41.3 Å². The number of carboxylic acids is 1. The second-order valence-electron chi connectivity index (χ2n) is 6.58. The first kappa shape index (κ1) is 23.1. The molecule has 0 amide bonds. The van der Waals surface area contributed by atoms with Gasteiger partial charge in [0.1, 0.15) is 17.9 Å². The number of hydrogen-bond donors (Lipinski definition) is 1. The van der Waals surface area contributed by atoms with Crippen LogP contribution in [0.1, 0.15) is 49.8 Å². The van der Waals surface area contributed by atoms with Crippen molar-refractivity contribution in [3.05, 3.63) is 46.9 Å². The number of carbonyl (C=O) groups is 1. The molecule has 7 heteroatoms. The smallest absolute Gasteiger partial charge is 0.311 e. The van der Waals surface area contributed by atoms with E-state index in [1.165, 1.54) is 5.56 Å². The highest BCUT2D eigenvalue weighted by Crippen LogP contribution is 2.55. The Morgan fingerprint density at radius 3 is 2.57 bits per heavy atom. The average Bonchev–Trinajstić information content (AvgIpc) is 3.14. The zero-order valence-electron chi connectivity index (χ0n) is 17.4. The van der Waals surface area contributed by atoms with Gasteiger partial charge >= 0.3 is 5.97 Å². The van der Waals surface area contributed by atoms with Crippen molar-refractivity contribution in [1.29, 1.82) is 0 Å². The van der Waals surface area contributed by atoms with Crippen LogP contribution in [0.4, 0.5) is 0 Å². The summed E-state index contributed by atoms with van der Waals surface area (Å²) >= 11 is 5.69. The molecule has 2 aromatic rings. The molecular formula is C23H26O4S3. The number of ether oxygens (including phenoxy) is 1. The molecule has 3 rings (SSSR count). The van der Waals surface area contributed by atoms with Crippen LogP contribution in [0.3, 0.4) is 0 Å². The van der Waals surface area contributed by atoms with E-state index in [4.69, 9.17) is 14.3 Å². The van der Waals surface area contributed by atoms with Gasteiger partial charge < -0.3 is 14.3 Å². The van der Waals surface area contributed by atoms with Gasteiger partial charge in [0, 0.05) is 22.4 Å². The fourth-order valence-electron chi connectivity index (χ4n) is 3.41. The molecule has 1 aliphatic heterocycles. The quantitative estimate of drug-likeness (QED) is 0.299. The number of rotatable bonds is 8. The summed E-state index contributed by atoms with van der Waals surface area (Å²) in [6.45, 7) is 7.25. The van der Waals surface area contributed by atoms with Gasteiger partial charge in [-0.2, -0.15) is 0 Å². The van der Waals surface area contributed by atoms with Crippen LogP contribution in [-0.2, 0) is 15.3 Å². The number of carboxylic acid groups (broad SMARTS) is 1. The van der Waals surface area contributed by atoms with E-state index in [1.54, 1.807) is 23.9 Å². The van der Waals surface area contributed by atoms with Gasteiger partial charge in [-0.05, 0) is 47.4 Å². The molecule has 0 aliphatic carbocycles. The third-order valence-corrected chi connectivity index (χ3v) is 8.55. The first-order valence-corrected chi connectivity index (χ1v) is 13.0. The highest BCUT2D eigenvalue weighted by molar-refractivity contribution is 8.17. The van der Waals surface area contributed by atoms with Crippen LogP contribution in [0.15, 0.2) is 33.6 Å². The molecule has 0 saturated heterocycles. The highest BCUT2D eigenvalue weighted by Gasteiger charge is 2.38. The van der Waals surface area contributed by atoms with Crippen molar-refractivity contribution in [1.82, 2.24) is 0 Å². The molecule has 1 aromatic heterocycles. The molecule has 0 atom stereocenters. The molecule has 0 fully saturated rings. The Bertz CT molecular complexity index is 949. The zero-order valence-corrected chi connectivity index (χ0v) is 19.9. The molecule has 160 valence electrons. The predicted molar refractivity (Wildman–Crippen MR) is 127 cm³/mol. The molecule has 0 unspecified atom stereocenters. The summed E-state index contributed by atoms with van der Waals surface area (Å²) in [4.78, 5) is 12.0. The number of benzene rings is 1.